The van der Waals surface area contributed by atoms with E-state index in [0.29, 0.717) is 17.7 Å². The third-order valence-corrected chi connectivity index (χ3v) is 7.82. The Morgan fingerprint density at radius 2 is 1.74 bits per heavy atom. The lowest BCUT2D eigenvalue weighted by Crippen LogP contribution is -2.37. The van der Waals surface area contributed by atoms with Crippen molar-refractivity contribution in [3.05, 3.63) is 102 Å². The fraction of sp³-hybridized carbons (Fsp3) is 0.185. The number of ether oxygens (including phenoxy) is 1. The van der Waals surface area contributed by atoms with Crippen molar-refractivity contribution in [3.8, 4) is 5.75 Å². The molecule has 0 spiro atoms. The molecular weight excluding hydrogens is 462 g/mol. The van der Waals surface area contributed by atoms with Crippen molar-refractivity contribution < 1.29 is 18.0 Å². The number of pyridine rings is 1. The van der Waals surface area contributed by atoms with Gasteiger partial charge in [0.05, 0.1) is 24.9 Å². The number of rotatable bonds is 8. The molecule has 0 aliphatic carbocycles. The fourth-order valence-electron chi connectivity index (χ4n) is 4.25. The molecule has 3 aromatic carbocycles. The number of hydrogen-bond acceptors (Lipinski definition) is 6. The van der Waals surface area contributed by atoms with Crippen molar-refractivity contribution in [2.75, 3.05) is 13.7 Å². The molecule has 0 amide bonds. The lowest BCUT2D eigenvalue weighted by molar-refractivity contribution is 0.0694. The Morgan fingerprint density at radius 1 is 0.971 bits per heavy atom. The lowest BCUT2D eigenvalue weighted by Gasteiger charge is -2.25. The topological polar surface area (TPSA) is 81.1 Å². The highest BCUT2D eigenvalue weighted by Gasteiger charge is 2.33. The second kappa shape index (κ2) is 9.85. The maximum absolute atomic E-state index is 14.0. The molecule has 0 saturated carbocycles. The molecule has 4 aromatic rings. The second-order valence-corrected chi connectivity index (χ2v) is 10.2. The maximum Gasteiger partial charge on any atom is 0.245 e. The minimum atomic E-state index is -3.89. The van der Waals surface area contributed by atoms with Crippen LogP contribution in [0, 0.1) is 0 Å². The zero-order valence-corrected chi connectivity index (χ0v) is 20.1. The van der Waals surface area contributed by atoms with Gasteiger partial charge in [0.15, 0.2) is 0 Å². The molecule has 2 heterocycles. The van der Waals surface area contributed by atoms with E-state index >= 15 is 0 Å². The summed E-state index contributed by atoms with van der Waals surface area (Å²) in [4.78, 5) is 10.3. The van der Waals surface area contributed by atoms with Gasteiger partial charge in [0.1, 0.15) is 16.7 Å². The number of sulfonamides is 1. The van der Waals surface area contributed by atoms with E-state index in [-0.39, 0.29) is 18.0 Å². The molecule has 0 saturated heterocycles. The Balaban J connectivity index is 1.45. The van der Waals surface area contributed by atoms with Crippen LogP contribution in [0.1, 0.15) is 17.5 Å². The van der Waals surface area contributed by atoms with Gasteiger partial charge in [-0.3, -0.25) is 4.98 Å². The smallest absolute Gasteiger partial charge is 0.245 e. The van der Waals surface area contributed by atoms with Crippen LogP contribution in [0.4, 0.5) is 0 Å². The molecule has 0 radical (unpaired) electrons. The monoisotopic (exact) mass is 487 g/mol. The number of benzene rings is 3. The lowest BCUT2D eigenvalue weighted by atomic mass is 10.0. The average molecular weight is 488 g/mol. The number of fused-ring (bicyclic) bond motifs is 1. The van der Waals surface area contributed by atoms with E-state index in [2.05, 4.69) is 10.1 Å². The Kier molecular flexibility index (Phi) is 6.48. The largest absolute Gasteiger partial charge is 0.496 e. The summed E-state index contributed by atoms with van der Waals surface area (Å²) in [5.74, 6) is 0.700. The molecule has 5 rings (SSSR count). The molecule has 35 heavy (non-hydrogen) atoms. The predicted molar refractivity (Wildman–Crippen MR) is 135 cm³/mol. The first-order valence-corrected chi connectivity index (χ1v) is 12.7. The zero-order chi connectivity index (χ0) is 24.3. The van der Waals surface area contributed by atoms with E-state index < -0.39 is 16.1 Å². The van der Waals surface area contributed by atoms with Crippen molar-refractivity contribution in [2.45, 2.75) is 24.0 Å². The molecular formula is C27H25N3O4S. The summed E-state index contributed by atoms with van der Waals surface area (Å²) in [7, 11) is -2.28. The van der Waals surface area contributed by atoms with Crippen LogP contribution in [0.3, 0.4) is 0 Å². The first-order chi connectivity index (χ1) is 17.1. The number of methoxy groups -OCH3 is 1. The van der Waals surface area contributed by atoms with Crippen molar-refractivity contribution in [1.82, 2.24) is 9.29 Å². The summed E-state index contributed by atoms with van der Waals surface area (Å²) in [5, 5.41) is 5.03. The summed E-state index contributed by atoms with van der Waals surface area (Å²) < 4.78 is 34.8. The van der Waals surface area contributed by atoms with Crippen LogP contribution in [0.5, 0.6) is 5.75 Å². The summed E-state index contributed by atoms with van der Waals surface area (Å²) in [6.45, 7) is 0.346. The minimum absolute atomic E-state index is 0.141. The Labute approximate surface area is 204 Å². The van der Waals surface area contributed by atoms with Gasteiger partial charge >= 0.3 is 0 Å². The number of aromatic nitrogens is 1. The number of para-hydroxylation sites is 2. The summed E-state index contributed by atoms with van der Waals surface area (Å²) >= 11 is 0. The van der Waals surface area contributed by atoms with Gasteiger partial charge in [-0.1, -0.05) is 65.8 Å². The number of nitrogens with zero attached hydrogens (tertiary/aromatic N) is 3. The van der Waals surface area contributed by atoms with E-state index in [1.807, 2.05) is 66.7 Å². The van der Waals surface area contributed by atoms with Crippen molar-refractivity contribution in [1.29, 1.82) is 0 Å². The first-order valence-electron chi connectivity index (χ1n) is 11.3. The molecule has 7 nitrogen and oxygen atoms in total. The minimum Gasteiger partial charge on any atom is -0.496 e. The summed E-state index contributed by atoms with van der Waals surface area (Å²) in [6, 6.07) is 26.0. The van der Waals surface area contributed by atoms with Gasteiger partial charge in [-0.15, -0.1) is 0 Å². The molecule has 178 valence electrons. The molecule has 8 heteroatoms. The van der Waals surface area contributed by atoms with Crippen LogP contribution in [0.2, 0.25) is 0 Å². The third kappa shape index (κ3) is 4.76. The highest BCUT2D eigenvalue weighted by molar-refractivity contribution is 7.89. The second-order valence-electron chi connectivity index (χ2n) is 8.28. The quantitative estimate of drug-likeness (QED) is 0.362. The SMILES string of the molecule is COc1ccccc1C1=NOC(CN(Cc2ccccc2)S(=O)(=O)c2cccc3cccnc23)C1. The fourth-order valence-corrected chi connectivity index (χ4v) is 5.88. The molecule has 1 unspecified atom stereocenters. The van der Waals surface area contributed by atoms with Gasteiger partial charge in [0.25, 0.3) is 0 Å². The van der Waals surface area contributed by atoms with Crippen molar-refractivity contribution in [3.63, 3.8) is 0 Å². The molecule has 1 aliphatic rings. The van der Waals surface area contributed by atoms with Crippen molar-refractivity contribution in [2.24, 2.45) is 5.16 Å². The van der Waals surface area contributed by atoms with Crippen LogP contribution >= 0.6 is 0 Å². The van der Waals surface area contributed by atoms with Gasteiger partial charge < -0.3 is 9.57 Å². The van der Waals surface area contributed by atoms with Gasteiger partial charge in [0.2, 0.25) is 10.0 Å². The Morgan fingerprint density at radius 3 is 2.57 bits per heavy atom. The van der Waals surface area contributed by atoms with Gasteiger partial charge in [-0.25, -0.2) is 8.42 Å². The first kappa shape index (κ1) is 23.0. The molecule has 1 atom stereocenters. The van der Waals surface area contributed by atoms with E-state index in [1.165, 1.54) is 4.31 Å². The van der Waals surface area contributed by atoms with Crippen LogP contribution in [0.25, 0.3) is 10.9 Å². The maximum atomic E-state index is 14.0. The van der Waals surface area contributed by atoms with Crippen molar-refractivity contribution >= 4 is 26.6 Å². The van der Waals surface area contributed by atoms with Crippen LogP contribution in [-0.2, 0) is 21.4 Å². The molecule has 1 aromatic heterocycles. The van der Waals surface area contributed by atoms with E-state index in [0.717, 1.165) is 22.2 Å². The highest BCUT2D eigenvalue weighted by Crippen LogP contribution is 2.29. The zero-order valence-electron chi connectivity index (χ0n) is 19.2. The standard InChI is InChI=1S/C27H25N3O4S/c1-33-25-14-6-5-13-23(25)24-17-22(34-29-24)19-30(18-20-9-3-2-4-10-20)35(31,32)26-15-7-11-21-12-8-16-28-27(21)26/h2-16,22H,17-19H2,1H3. The molecule has 0 fully saturated rings. The predicted octanol–water partition coefficient (Wildman–Crippen LogP) is 4.63. The van der Waals surface area contributed by atoms with E-state index in [9.17, 15) is 8.42 Å². The molecule has 1 aliphatic heterocycles. The Bertz CT molecular complexity index is 1470. The van der Waals surface area contributed by atoms with Crippen LogP contribution < -0.4 is 4.74 Å². The van der Waals surface area contributed by atoms with Crippen LogP contribution in [-0.4, -0.2) is 43.2 Å². The van der Waals surface area contributed by atoms with Gasteiger partial charge in [0, 0.05) is 30.1 Å². The average Bonchev–Trinajstić information content (AvgIpc) is 3.37. The van der Waals surface area contributed by atoms with Gasteiger partial charge in [-0.05, 0) is 29.8 Å². The Hall–Kier alpha value is -3.75. The number of hydrogen-bond donors (Lipinski definition) is 0. The summed E-state index contributed by atoms with van der Waals surface area (Å²) in [5.41, 5.74) is 2.91. The van der Waals surface area contributed by atoms with E-state index in [4.69, 9.17) is 9.57 Å². The highest BCUT2D eigenvalue weighted by atomic mass is 32.2. The summed E-state index contributed by atoms with van der Waals surface area (Å²) in [6.07, 6.45) is 1.64. The molecule has 0 N–H and O–H groups in total. The van der Waals surface area contributed by atoms with Crippen LogP contribution in [0.15, 0.2) is 101 Å². The normalized spacial score (nSPS) is 15.7. The number of oxime groups is 1. The third-order valence-electron chi connectivity index (χ3n) is 5.97. The van der Waals surface area contributed by atoms with Gasteiger partial charge in [-0.2, -0.15) is 4.31 Å². The van der Waals surface area contributed by atoms with E-state index in [1.54, 1.807) is 31.5 Å². The molecule has 0 bridgehead atoms.